The number of amides is 1. The van der Waals surface area contributed by atoms with Crippen molar-refractivity contribution in [2.75, 3.05) is 23.7 Å². The monoisotopic (exact) mass is 516 g/mol. The molecule has 3 aromatic carbocycles. The number of piperidine rings is 1. The molecule has 0 spiro atoms. The van der Waals surface area contributed by atoms with E-state index in [1.54, 1.807) is 18.2 Å². The van der Waals surface area contributed by atoms with Gasteiger partial charge in [0.25, 0.3) is 5.91 Å². The van der Waals surface area contributed by atoms with E-state index in [0.29, 0.717) is 22.5 Å². The first-order valence-corrected chi connectivity index (χ1v) is 13.7. The third-order valence-electron chi connectivity index (χ3n) is 6.32. The highest BCUT2D eigenvalue weighted by atomic mass is 32.2. The summed E-state index contributed by atoms with van der Waals surface area (Å²) in [6, 6.07) is 22.8. The van der Waals surface area contributed by atoms with E-state index in [2.05, 4.69) is 32.0 Å². The topological polar surface area (TPSA) is 90.9 Å². The smallest absolute Gasteiger partial charge is 0.316 e. The van der Waals surface area contributed by atoms with Crippen LogP contribution in [0.3, 0.4) is 0 Å². The van der Waals surface area contributed by atoms with Crippen molar-refractivity contribution in [2.45, 2.75) is 39.7 Å². The lowest BCUT2D eigenvalue weighted by Crippen LogP contribution is -2.29. The van der Waals surface area contributed by atoms with E-state index in [4.69, 9.17) is 0 Å². The number of nitrogens with zero attached hydrogens (tertiary/aromatic N) is 2. The van der Waals surface area contributed by atoms with Gasteiger partial charge in [0.15, 0.2) is 0 Å². The number of anilines is 2. The van der Waals surface area contributed by atoms with Crippen LogP contribution in [-0.4, -0.2) is 32.3 Å². The summed E-state index contributed by atoms with van der Waals surface area (Å²) >= 11 is 0. The van der Waals surface area contributed by atoms with Gasteiger partial charge in [-0.1, -0.05) is 62.7 Å². The van der Waals surface area contributed by atoms with Crippen molar-refractivity contribution in [2.24, 2.45) is 4.36 Å². The second-order valence-corrected chi connectivity index (χ2v) is 9.38. The third kappa shape index (κ3) is 6.53. The van der Waals surface area contributed by atoms with Gasteiger partial charge in [0.05, 0.1) is 17.0 Å². The molecule has 0 saturated carbocycles. The minimum absolute atomic E-state index is 0.256. The van der Waals surface area contributed by atoms with Crippen LogP contribution in [0, 0.1) is 0 Å². The van der Waals surface area contributed by atoms with Crippen molar-refractivity contribution in [1.82, 2.24) is 4.90 Å². The Bertz CT molecular complexity index is 1400. The van der Waals surface area contributed by atoms with Crippen molar-refractivity contribution in [1.29, 1.82) is 0 Å². The Balaban J connectivity index is 0.00000156. The fraction of sp³-hybridized carbons (Fsp3) is 0.276. The molecular weight excluding hydrogens is 484 g/mol. The summed E-state index contributed by atoms with van der Waals surface area (Å²) in [5.41, 5.74) is 5.54. The predicted molar refractivity (Wildman–Crippen MR) is 150 cm³/mol. The number of carbonyl (C=O) groups is 1. The number of nitrogens with one attached hydrogen (secondary N) is 2. The fourth-order valence-corrected chi connectivity index (χ4v) is 4.93. The zero-order valence-corrected chi connectivity index (χ0v) is 22.0. The van der Waals surface area contributed by atoms with Crippen LogP contribution in [0.15, 0.2) is 77.2 Å². The molecule has 2 heterocycles. The zero-order chi connectivity index (χ0) is 26.2. The maximum Gasteiger partial charge on any atom is 0.316 e. The molecule has 1 saturated heterocycles. The molecule has 7 nitrogen and oxygen atoms in total. The molecule has 0 bridgehead atoms. The van der Waals surface area contributed by atoms with Crippen LogP contribution in [0.25, 0.3) is 11.3 Å². The molecule has 37 heavy (non-hydrogen) atoms. The Morgan fingerprint density at radius 3 is 2.32 bits per heavy atom. The van der Waals surface area contributed by atoms with Crippen molar-refractivity contribution in [3.05, 3.63) is 89.5 Å². The van der Waals surface area contributed by atoms with Crippen LogP contribution in [0.1, 0.15) is 49.8 Å². The number of benzene rings is 3. The van der Waals surface area contributed by atoms with Gasteiger partial charge < -0.3 is 10.6 Å². The largest absolute Gasteiger partial charge is 0.354 e. The van der Waals surface area contributed by atoms with Crippen molar-refractivity contribution < 1.29 is 13.2 Å². The van der Waals surface area contributed by atoms with Gasteiger partial charge >= 0.3 is 10.5 Å². The summed E-state index contributed by atoms with van der Waals surface area (Å²) in [6.45, 7) is 7.23. The van der Waals surface area contributed by atoms with Gasteiger partial charge in [-0.25, -0.2) is 0 Å². The normalized spacial score (nSPS) is 16.1. The molecular formula is C29H32N4O3S. The quantitative estimate of drug-likeness (QED) is 0.374. The van der Waals surface area contributed by atoms with Gasteiger partial charge in [0.1, 0.15) is 0 Å². The average Bonchev–Trinajstić information content (AvgIpc) is 3.25. The lowest BCUT2D eigenvalue weighted by molar-refractivity contribution is -0.110. The van der Waals surface area contributed by atoms with E-state index in [-0.39, 0.29) is 11.6 Å². The SMILES string of the molecule is CC.O=C1Nc2ccc(N=S(=O)=O)cc2C1=C(Nc1ccc(CN2CCCCC2)cc1)c1ccccc1. The molecule has 2 N–H and O–H groups in total. The van der Waals surface area contributed by atoms with Gasteiger partial charge in [-0.15, -0.1) is 4.36 Å². The van der Waals surface area contributed by atoms with Gasteiger partial charge in [0.2, 0.25) is 0 Å². The molecule has 3 aromatic rings. The fourth-order valence-electron chi connectivity index (χ4n) is 4.64. The molecule has 0 unspecified atom stereocenters. The first-order chi connectivity index (χ1) is 18.1. The third-order valence-corrected chi connectivity index (χ3v) is 6.68. The predicted octanol–water partition coefficient (Wildman–Crippen LogP) is 6.33. The number of hydrogen-bond acceptors (Lipinski definition) is 6. The molecule has 8 heteroatoms. The summed E-state index contributed by atoms with van der Waals surface area (Å²) in [7, 11) is -2.58. The second kappa shape index (κ2) is 12.5. The Morgan fingerprint density at radius 2 is 1.65 bits per heavy atom. The first kappa shape index (κ1) is 26.3. The summed E-state index contributed by atoms with van der Waals surface area (Å²) < 4.78 is 25.8. The van der Waals surface area contributed by atoms with Crippen LogP contribution < -0.4 is 10.6 Å². The lowest BCUT2D eigenvalue weighted by atomic mass is 9.99. The molecule has 5 rings (SSSR count). The molecule has 1 amide bonds. The van der Waals surface area contributed by atoms with E-state index in [1.807, 2.05) is 56.3 Å². The van der Waals surface area contributed by atoms with Crippen LogP contribution in [-0.2, 0) is 21.8 Å². The number of fused-ring (bicyclic) bond motifs is 1. The van der Waals surface area contributed by atoms with Crippen LogP contribution >= 0.6 is 0 Å². The highest BCUT2D eigenvalue weighted by Crippen LogP contribution is 2.39. The van der Waals surface area contributed by atoms with E-state index < -0.39 is 10.5 Å². The molecule has 192 valence electrons. The number of carbonyl (C=O) groups excluding carboxylic acids is 1. The zero-order valence-electron chi connectivity index (χ0n) is 21.2. The standard InChI is InChI=1S/C27H26N4O3S.C2H6/c32-27-25(23-17-22(30-35(33)34)13-14-24(23)29-27)26(20-7-3-1-4-8-20)28-21-11-9-19(10-12-21)18-31-15-5-2-6-16-31;1-2/h1,3-4,7-14,17,28H,2,5-6,15-16,18H2,(H,29,32);1-2H3. The lowest BCUT2D eigenvalue weighted by Gasteiger charge is -2.26. The molecule has 2 aliphatic heterocycles. The molecule has 0 aliphatic carbocycles. The number of hydrogen-bond donors (Lipinski definition) is 2. The van der Waals surface area contributed by atoms with Gasteiger partial charge in [-0.05, 0) is 67.4 Å². The van der Waals surface area contributed by atoms with Crippen molar-refractivity contribution in [3.8, 4) is 0 Å². The molecule has 0 atom stereocenters. The van der Waals surface area contributed by atoms with E-state index in [0.717, 1.165) is 30.9 Å². The Labute approximate surface area is 219 Å². The summed E-state index contributed by atoms with van der Waals surface area (Å²) in [4.78, 5) is 15.6. The number of likely N-dealkylation sites (tertiary alicyclic amines) is 1. The molecule has 0 aromatic heterocycles. The Kier molecular flexibility index (Phi) is 8.87. The first-order valence-electron chi connectivity index (χ1n) is 12.7. The van der Waals surface area contributed by atoms with Gasteiger partial charge in [-0.2, -0.15) is 8.42 Å². The number of rotatable bonds is 6. The summed E-state index contributed by atoms with van der Waals surface area (Å²) in [5.74, 6) is -0.256. The Morgan fingerprint density at radius 1 is 0.946 bits per heavy atom. The van der Waals surface area contributed by atoms with Gasteiger partial charge in [0, 0.05) is 23.5 Å². The minimum Gasteiger partial charge on any atom is -0.354 e. The van der Waals surface area contributed by atoms with E-state index in [9.17, 15) is 13.2 Å². The molecule has 0 radical (unpaired) electrons. The Hall–Kier alpha value is -3.75. The van der Waals surface area contributed by atoms with Crippen molar-refractivity contribution in [3.63, 3.8) is 0 Å². The van der Waals surface area contributed by atoms with Crippen LogP contribution in [0.2, 0.25) is 0 Å². The molecule has 2 aliphatic rings. The molecule has 1 fully saturated rings. The highest BCUT2D eigenvalue weighted by molar-refractivity contribution is 7.61. The van der Waals surface area contributed by atoms with E-state index in [1.165, 1.54) is 24.8 Å². The second-order valence-electron chi connectivity index (χ2n) is 8.77. The van der Waals surface area contributed by atoms with Crippen LogP contribution in [0.5, 0.6) is 0 Å². The average molecular weight is 517 g/mol. The maximum atomic E-state index is 13.1. The van der Waals surface area contributed by atoms with Crippen molar-refractivity contribution >= 4 is 44.7 Å². The maximum absolute atomic E-state index is 13.1. The minimum atomic E-state index is -2.58. The summed E-state index contributed by atoms with van der Waals surface area (Å²) in [5, 5.41) is 6.33. The van der Waals surface area contributed by atoms with Gasteiger partial charge in [-0.3, -0.25) is 9.69 Å². The van der Waals surface area contributed by atoms with Crippen LogP contribution in [0.4, 0.5) is 17.1 Å². The summed E-state index contributed by atoms with van der Waals surface area (Å²) in [6.07, 6.45) is 3.84. The highest BCUT2D eigenvalue weighted by Gasteiger charge is 2.29. The van der Waals surface area contributed by atoms with E-state index >= 15 is 0 Å².